The van der Waals surface area contributed by atoms with Crippen molar-refractivity contribution in [2.45, 2.75) is 25.7 Å². The Morgan fingerprint density at radius 1 is 1.16 bits per heavy atom. The van der Waals surface area contributed by atoms with Crippen molar-refractivity contribution in [2.75, 3.05) is 14.2 Å². The highest BCUT2D eigenvalue weighted by atomic mass is 16.5. The number of aryl methyl sites for hydroxylation is 1. The molecule has 0 saturated heterocycles. The molecular weight excluding hydrogens is 250 g/mol. The molecule has 1 aromatic heterocycles. The van der Waals surface area contributed by atoms with Crippen LogP contribution in [-0.4, -0.2) is 36.2 Å². The second-order valence-electron chi connectivity index (χ2n) is 4.44. The Morgan fingerprint density at radius 2 is 1.68 bits per heavy atom. The number of methoxy groups -OCH3 is 2. The molecule has 1 saturated carbocycles. The largest absolute Gasteiger partial charge is 0.505 e. The van der Waals surface area contributed by atoms with Gasteiger partial charge in [-0.1, -0.05) is 0 Å². The van der Waals surface area contributed by atoms with Crippen molar-refractivity contribution in [1.82, 2.24) is 4.98 Å². The van der Waals surface area contributed by atoms with Crippen LogP contribution in [0.1, 0.15) is 50.9 Å². The summed E-state index contributed by atoms with van der Waals surface area (Å²) in [4.78, 5) is 27.9. The molecule has 0 aromatic carbocycles. The second kappa shape index (κ2) is 4.87. The number of aromatic nitrogens is 1. The number of esters is 2. The van der Waals surface area contributed by atoms with Crippen LogP contribution in [0.2, 0.25) is 0 Å². The van der Waals surface area contributed by atoms with Crippen LogP contribution in [-0.2, 0) is 9.47 Å². The zero-order valence-corrected chi connectivity index (χ0v) is 11.0. The van der Waals surface area contributed by atoms with Gasteiger partial charge in [-0.05, 0) is 19.8 Å². The van der Waals surface area contributed by atoms with E-state index in [1.165, 1.54) is 14.2 Å². The zero-order valence-electron chi connectivity index (χ0n) is 11.0. The fourth-order valence-electron chi connectivity index (χ4n) is 1.98. The first kappa shape index (κ1) is 13.3. The monoisotopic (exact) mass is 265 g/mol. The minimum Gasteiger partial charge on any atom is -0.505 e. The summed E-state index contributed by atoms with van der Waals surface area (Å²) in [6.45, 7) is 1.58. The Morgan fingerprint density at radius 3 is 2.16 bits per heavy atom. The summed E-state index contributed by atoms with van der Waals surface area (Å²) >= 11 is 0. The fraction of sp³-hybridized carbons (Fsp3) is 0.462. The Balaban J connectivity index is 2.72. The van der Waals surface area contributed by atoms with Crippen LogP contribution in [0.4, 0.5) is 0 Å². The smallest absolute Gasteiger partial charge is 0.342 e. The molecule has 1 aromatic rings. The first-order valence-electron chi connectivity index (χ1n) is 5.91. The molecule has 19 heavy (non-hydrogen) atoms. The van der Waals surface area contributed by atoms with Gasteiger partial charge in [-0.15, -0.1) is 0 Å². The maximum absolute atomic E-state index is 11.9. The Labute approximate surface area is 110 Å². The average Bonchev–Trinajstić information content (AvgIpc) is 3.23. The van der Waals surface area contributed by atoms with Crippen molar-refractivity contribution in [3.05, 3.63) is 22.5 Å². The summed E-state index contributed by atoms with van der Waals surface area (Å²) in [6, 6.07) is 0. The molecule has 102 valence electrons. The number of ether oxygens (including phenoxy) is 2. The van der Waals surface area contributed by atoms with E-state index in [1.807, 2.05) is 0 Å². The molecule has 1 N–H and O–H groups in total. The quantitative estimate of drug-likeness (QED) is 0.834. The number of hydrogen-bond acceptors (Lipinski definition) is 6. The van der Waals surface area contributed by atoms with Gasteiger partial charge in [0, 0.05) is 5.92 Å². The molecule has 0 atom stereocenters. The van der Waals surface area contributed by atoms with Crippen molar-refractivity contribution in [2.24, 2.45) is 0 Å². The molecule has 1 aliphatic carbocycles. The second-order valence-corrected chi connectivity index (χ2v) is 4.44. The van der Waals surface area contributed by atoms with Crippen LogP contribution in [0.5, 0.6) is 5.75 Å². The first-order valence-corrected chi connectivity index (χ1v) is 5.91. The van der Waals surface area contributed by atoms with Gasteiger partial charge >= 0.3 is 11.9 Å². The van der Waals surface area contributed by atoms with Gasteiger partial charge in [-0.3, -0.25) is 4.98 Å². The average molecular weight is 265 g/mol. The van der Waals surface area contributed by atoms with Crippen molar-refractivity contribution in [3.63, 3.8) is 0 Å². The SMILES string of the molecule is COC(=O)c1c(C2CC2)nc(C)c(O)c1C(=O)OC. The normalized spacial score (nSPS) is 14.1. The minimum absolute atomic E-state index is 0.0138. The van der Waals surface area contributed by atoms with E-state index < -0.39 is 11.9 Å². The lowest BCUT2D eigenvalue weighted by Crippen LogP contribution is -2.17. The fourth-order valence-corrected chi connectivity index (χ4v) is 1.98. The number of carbonyl (C=O) groups excluding carboxylic acids is 2. The Bertz CT molecular complexity index is 548. The van der Waals surface area contributed by atoms with Crippen molar-refractivity contribution >= 4 is 11.9 Å². The summed E-state index contributed by atoms with van der Waals surface area (Å²) in [5.74, 6) is -1.66. The number of carbonyl (C=O) groups is 2. The van der Waals surface area contributed by atoms with Gasteiger partial charge in [-0.2, -0.15) is 0 Å². The van der Waals surface area contributed by atoms with E-state index in [9.17, 15) is 14.7 Å². The molecule has 0 amide bonds. The highest BCUT2D eigenvalue weighted by molar-refractivity contribution is 6.06. The van der Waals surface area contributed by atoms with E-state index in [0.29, 0.717) is 11.4 Å². The van der Waals surface area contributed by atoms with Crippen LogP contribution in [0, 0.1) is 6.92 Å². The van der Waals surface area contributed by atoms with Crippen molar-refractivity contribution < 1.29 is 24.2 Å². The molecule has 0 spiro atoms. The third kappa shape index (κ3) is 2.25. The van der Waals surface area contributed by atoms with Crippen LogP contribution in [0.15, 0.2) is 0 Å². The minimum atomic E-state index is -0.773. The molecule has 0 bridgehead atoms. The van der Waals surface area contributed by atoms with E-state index in [4.69, 9.17) is 0 Å². The number of hydrogen-bond donors (Lipinski definition) is 1. The third-order valence-corrected chi connectivity index (χ3v) is 3.12. The van der Waals surface area contributed by atoms with E-state index in [1.54, 1.807) is 6.92 Å². The van der Waals surface area contributed by atoms with E-state index in [0.717, 1.165) is 12.8 Å². The summed E-state index contributed by atoms with van der Waals surface area (Å²) in [5.41, 5.74) is 0.654. The van der Waals surface area contributed by atoms with Gasteiger partial charge < -0.3 is 14.6 Å². The van der Waals surface area contributed by atoms with Gasteiger partial charge in [0.25, 0.3) is 0 Å². The van der Waals surface area contributed by atoms with Crippen LogP contribution < -0.4 is 0 Å². The Hall–Kier alpha value is -2.11. The molecular formula is C13H15NO5. The van der Waals surface area contributed by atoms with Crippen LogP contribution in [0.25, 0.3) is 0 Å². The predicted molar refractivity (Wildman–Crippen MR) is 65.3 cm³/mol. The van der Waals surface area contributed by atoms with Gasteiger partial charge in [0.2, 0.25) is 0 Å². The van der Waals surface area contributed by atoms with E-state index >= 15 is 0 Å². The van der Waals surface area contributed by atoms with Gasteiger partial charge in [0.15, 0.2) is 5.75 Å². The van der Waals surface area contributed by atoms with Crippen LogP contribution >= 0.6 is 0 Å². The maximum atomic E-state index is 11.9. The molecule has 1 fully saturated rings. The molecule has 0 radical (unpaired) electrons. The molecule has 2 rings (SSSR count). The van der Waals surface area contributed by atoms with Crippen LogP contribution in [0.3, 0.4) is 0 Å². The third-order valence-electron chi connectivity index (χ3n) is 3.12. The highest BCUT2D eigenvalue weighted by Crippen LogP contribution is 2.43. The van der Waals surface area contributed by atoms with E-state index in [2.05, 4.69) is 14.5 Å². The topological polar surface area (TPSA) is 85.7 Å². The first-order chi connectivity index (χ1) is 9.01. The predicted octanol–water partition coefficient (Wildman–Crippen LogP) is 1.55. The summed E-state index contributed by atoms with van der Waals surface area (Å²) in [6.07, 6.45) is 1.81. The van der Waals surface area contributed by atoms with Crippen molar-refractivity contribution in [3.8, 4) is 5.75 Å². The number of pyridine rings is 1. The zero-order chi connectivity index (χ0) is 14.2. The lowest BCUT2D eigenvalue weighted by Gasteiger charge is -2.14. The summed E-state index contributed by atoms with van der Waals surface area (Å²) in [5, 5.41) is 9.98. The molecule has 1 heterocycles. The lowest BCUT2D eigenvalue weighted by atomic mass is 10.0. The molecule has 0 unspecified atom stereocenters. The van der Waals surface area contributed by atoms with Crippen molar-refractivity contribution in [1.29, 1.82) is 0 Å². The summed E-state index contributed by atoms with van der Waals surface area (Å²) in [7, 11) is 2.41. The number of nitrogens with zero attached hydrogens (tertiary/aromatic N) is 1. The highest BCUT2D eigenvalue weighted by Gasteiger charge is 2.36. The number of rotatable bonds is 3. The van der Waals surface area contributed by atoms with E-state index in [-0.39, 0.29) is 22.8 Å². The lowest BCUT2D eigenvalue weighted by molar-refractivity contribution is 0.0550. The summed E-state index contributed by atoms with van der Waals surface area (Å²) < 4.78 is 9.32. The maximum Gasteiger partial charge on any atom is 0.342 e. The van der Waals surface area contributed by atoms with Gasteiger partial charge in [0.1, 0.15) is 5.56 Å². The molecule has 6 nitrogen and oxygen atoms in total. The van der Waals surface area contributed by atoms with Gasteiger partial charge in [0.05, 0.1) is 31.2 Å². The molecule has 0 aliphatic heterocycles. The molecule has 6 heteroatoms. The molecule has 1 aliphatic rings. The number of aromatic hydroxyl groups is 1. The van der Waals surface area contributed by atoms with Gasteiger partial charge in [-0.25, -0.2) is 9.59 Å². The standard InChI is InChI=1S/C13H15NO5/c1-6-11(15)9(13(17)19-3)8(12(16)18-2)10(14-6)7-4-5-7/h7,15H,4-5H2,1-3H3. The Kier molecular flexibility index (Phi) is 3.42.